The van der Waals surface area contributed by atoms with Crippen molar-refractivity contribution in [3.63, 3.8) is 0 Å². The first-order valence-corrected chi connectivity index (χ1v) is 6.97. The summed E-state index contributed by atoms with van der Waals surface area (Å²) in [6, 6.07) is 3.70. The number of nitrogens with zero attached hydrogens (tertiary/aromatic N) is 1. The van der Waals surface area contributed by atoms with Crippen LogP contribution in [0.2, 0.25) is 0 Å². The second-order valence-corrected chi connectivity index (χ2v) is 4.93. The van der Waals surface area contributed by atoms with Gasteiger partial charge in [-0.1, -0.05) is 38.4 Å². The van der Waals surface area contributed by atoms with Gasteiger partial charge in [0.1, 0.15) is 16.4 Å². The summed E-state index contributed by atoms with van der Waals surface area (Å²) in [5.41, 5.74) is 6.20. The molecule has 1 heterocycles. The summed E-state index contributed by atoms with van der Waals surface area (Å²) in [4.78, 5) is 4.43. The summed E-state index contributed by atoms with van der Waals surface area (Å²) in [5.74, 6) is 0.688. The molecule has 1 atom stereocenters. The molecule has 4 heteroatoms. The Morgan fingerprint density at radius 2 is 2.22 bits per heavy atom. The number of hydrogen-bond acceptors (Lipinski definition) is 3. The Hall–Kier alpha value is -1.16. The summed E-state index contributed by atoms with van der Waals surface area (Å²) >= 11 is 4.96. The van der Waals surface area contributed by atoms with E-state index in [1.807, 2.05) is 12.1 Å². The van der Waals surface area contributed by atoms with Crippen molar-refractivity contribution in [2.24, 2.45) is 5.73 Å². The van der Waals surface area contributed by atoms with E-state index in [1.165, 1.54) is 25.7 Å². The monoisotopic (exact) mass is 266 g/mol. The molecule has 100 valence electrons. The highest BCUT2D eigenvalue weighted by atomic mass is 32.1. The molecule has 3 nitrogen and oxygen atoms in total. The molecule has 18 heavy (non-hydrogen) atoms. The maximum absolute atomic E-state index is 5.86. The fourth-order valence-electron chi connectivity index (χ4n) is 1.80. The fraction of sp³-hybridized carbons (Fsp3) is 0.571. The quantitative estimate of drug-likeness (QED) is 0.578. The van der Waals surface area contributed by atoms with E-state index in [-0.39, 0.29) is 11.1 Å². The standard InChI is InChI=1S/C14H22N2OS/c1-3-4-5-6-8-11(2)17-12-9-7-10-16-13(12)14(15)18/h7,9-11H,3-6,8H2,1-2H3,(H2,15,18). The van der Waals surface area contributed by atoms with Crippen LogP contribution < -0.4 is 10.5 Å². The smallest absolute Gasteiger partial charge is 0.148 e. The molecular weight excluding hydrogens is 244 g/mol. The third-order valence-electron chi connectivity index (χ3n) is 2.80. The third-order valence-corrected chi connectivity index (χ3v) is 2.99. The van der Waals surface area contributed by atoms with E-state index in [0.29, 0.717) is 11.4 Å². The lowest BCUT2D eigenvalue weighted by molar-refractivity contribution is 0.205. The van der Waals surface area contributed by atoms with Gasteiger partial charge in [-0.2, -0.15) is 0 Å². The molecule has 2 N–H and O–H groups in total. The van der Waals surface area contributed by atoms with Crippen molar-refractivity contribution in [1.82, 2.24) is 4.98 Å². The Balaban J connectivity index is 2.48. The lowest BCUT2D eigenvalue weighted by Gasteiger charge is -2.16. The predicted molar refractivity (Wildman–Crippen MR) is 79.0 cm³/mol. The highest BCUT2D eigenvalue weighted by Gasteiger charge is 2.10. The lowest BCUT2D eigenvalue weighted by atomic mass is 10.1. The molecule has 1 aromatic heterocycles. The Morgan fingerprint density at radius 3 is 2.89 bits per heavy atom. The number of nitrogens with two attached hydrogens (primary N) is 1. The van der Waals surface area contributed by atoms with Crippen LogP contribution >= 0.6 is 12.2 Å². The number of rotatable bonds is 8. The van der Waals surface area contributed by atoms with Crippen LogP contribution in [0.3, 0.4) is 0 Å². The molecule has 0 aliphatic heterocycles. The summed E-state index contributed by atoms with van der Waals surface area (Å²) < 4.78 is 5.86. The second-order valence-electron chi connectivity index (χ2n) is 4.49. The first kappa shape index (κ1) is 14.9. The summed E-state index contributed by atoms with van der Waals surface area (Å²) in [6.45, 7) is 4.28. The van der Waals surface area contributed by atoms with Crippen molar-refractivity contribution < 1.29 is 4.74 Å². The molecular formula is C14H22N2OS. The van der Waals surface area contributed by atoms with Crippen molar-refractivity contribution in [1.29, 1.82) is 0 Å². The normalized spacial score (nSPS) is 12.1. The van der Waals surface area contributed by atoms with Crippen LogP contribution in [0, 0.1) is 0 Å². The SMILES string of the molecule is CCCCCCC(C)Oc1cccnc1C(N)=S. The van der Waals surface area contributed by atoms with Crippen molar-refractivity contribution in [3.05, 3.63) is 24.0 Å². The van der Waals surface area contributed by atoms with Crippen LogP contribution in [0.15, 0.2) is 18.3 Å². The minimum Gasteiger partial charge on any atom is -0.488 e. The molecule has 1 unspecified atom stereocenters. The topological polar surface area (TPSA) is 48.1 Å². The van der Waals surface area contributed by atoms with Crippen LogP contribution in [0.25, 0.3) is 0 Å². The minimum absolute atomic E-state index is 0.166. The highest BCUT2D eigenvalue weighted by molar-refractivity contribution is 7.80. The third kappa shape index (κ3) is 5.00. The first-order valence-electron chi connectivity index (χ1n) is 6.56. The second kappa shape index (κ2) is 8.03. The first-order chi connectivity index (χ1) is 8.65. The minimum atomic E-state index is 0.166. The number of pyridine rings is 1. The van der Waals surface area contributed by atoms with Crippen LogP contribution in [-0.2, 0) is 0 Å². The molecule has 0 bridgehead atoms. The molecule has 0 spiro atoms. The van der Waals surface area contributed by atoms with Crippen LogP contribution in [-0.4, -0.2) is 16.1 Å². The van der Waals surface area contributed by atoms with E-state index >= 15 is 0 Å². The maximum Gasteiger partial charge on any atom is 0.148 e. The Morgan fingerprint density at radius 1 is 1.44 bits per heavy atom. The Labute approximate surface area is 115 Å². The molecule has 0 radical (unpaired) electrons. The van der Waals surface area contributed by atoms with Gasteiger partial charge < -0.3 is 10.5 Å². The average Bonchev–Trinajstić information content (AvgIpc) is 2.35. The molecule has 0 saturated heterocycles. The van der Waals surface area contributed by atoms with Gasteiger partial charge in [-0.25, -0.2) is 4.98 Å². The van der Waals surface area contributed by atoms with Crippen LogP contribution in [0.4, 0.5) is 0 Å². The Kier molecular flexibility index (Phi) is 6.65. The van der Waals surface area contributed by atoms with Gasteiger partial charge in [0, 0.05) is 6.20 Å². The zero-order chi connectivity index (χ0) is 13.4. The van der Waals surface area contributed by atoms with Crippen molar-refractivity contribution in [3.8, 4) is 5.75 Å². The number of ether oxygens (including phenoxy) is 1. The van der Waals surface area contributed by atoms with Gasteiger partial charge in [-0.3, -0.25) is 0 Å². The summed E-state index contributed by atoms with van der Waals surface area (Å²) in [7, 11) is 0. The fourth-order valence-corrected chi connectivity index (χ4v) is 1.96. The van der Waals surface area contributed by atoms with E-state index in [2.05, 4.69) is 18.8 Å². The molecule has 1 rings (SSSR count). The maximum atomic E-state index is 5.86. The number of unbranched alkanes of at least 4 members (excludes halogenated alkanes) is 3. The van der Waals surface area contributed by atoms with Gasteiger partial charge in [0.15, 0.2) is 0 Å². The van der Waals surface area contributed by atoms with E-state index in [4.69, 9.17) is 22.7 Å². The predicted octanol–water partition coefficient (Wildman–Crippen LogP) is 3.45. The van der Waals surface area contributed by atoms with E-state index in [0.717, 1.165) is 6.42 Å². The summed E-state index contributed by atoms with van der Waals surface area (Å²) in [5, 5.41) is 0. The van der Waals surface area contributed by atoms with Crippen molar-refractivity contribution >= 4 is 17.2 Å². The molecule has 0 aliphatic carbocycles. The van der Waals surface area contributed by atoms with Crippen LogP contribution in [0.5, 0.6) is 5.75 Å². The Bertz CT molecular complexity index is 382. The van der Waals surface area contributed by atoms with Gasteiger partial charge in [0.05, 0.1) is 6.10 Å². The largest absolute Gasteiger partial charge is 0.488 e. The number of thiocarbonyl (C=S) groups is 1. The van der Waals surface area contributed by atoms with Gasteiger partial charge in [-0.05, 0) is 31.9 Å². The molecule has 0 saturated carbocycles. The molecule has 0 aliphatic rings. The number of hydrogen-bond donors (Lipinski definition) is 1. The van der Waals surface area contributed by atoms with Gasteiger partial charge >= 0.3 is 0 Å². The molecule has 1 aromatic rings. The average molecular weight is 266 g/mol. The van der Waals surface area contributed by atoms with Gasteiger partial charge in [-0.15, -0.1) is 0 Å². The molecule has 0 amide bonds. The highest BCUT2D eigenvalue weighted by Crippen LogP contribution is 2.18. The summed E-state index contributed by atoms with van der Waals surface area (Å²) in [6.07, 6.45) is 7.89. The van der Waals surface area contributed by atoms with E-state index < -0.39 is 0 Å². The molecule has 0 aromatic carbocycles. The van der Waals surface area contributed by atoms with Crippen molar-refractivity contribution in [2.75, 3.05) is 0 Å². The zero-order valence-electron chi connectivity index (χ0n) is 11.2. The zero-order valence-corrected chi connectivity index (χ0v) is 12.0. The van der Waals surface area contributed by atoms with E-state index in [9.17, 15) is 0 Å². The van der Waals surface area contributed by atoms with E-state index in [1.54, 1.807) is 6.20 Å². The van der Waals surface area contributed by atoms with Crippen LogP contribution in [0.1, 0.15) is 51.6 Å². The van der Waals surface area contributed by atoms with Gasteiger partial charge in [0.2, 0.25) is 0 Å². The lowest BCUT2D eigenvalue weighted by Crippen LogP contribution is -2.17. The van der Waals surface area contributed by atoms with Crippen molar-refractivity contribution in [2.45, 2.75) is 52.1 Å². The molecule has 0 fully saturated rings. The van der Waals surface area contributed by atoms with Gasteiger partial charge in [0.25, 0.3) is 0 Å². The number of aromatic nitrogens is 1.